The summed E-state index contributed by atoms with van der Waals surface area (Å²) in [6.45, 7) is 0. The molecular formula is C22H15ClN4O2S. The number of hydrogen-bond donors (Lipinski definition) is 2. The molecule has 2 aromatic heterocycles. The molecule has 4 aromatic rings. The third-order valence-electron chi connectivity index (χ3n) is 4.08. The molecule has 1 amide bonds. The largest absolute Gasteiger partial charge is 0.434 e. The topological polar surface area (TPSA) is 80.0 Å². The molecule has 6 nitrogen and oxygen atoms in total. The number of carbonyl (C=O) groups is 1. The van der Waals surface area contributed by atoms with Gasteiger partial charge in [0.05, 0.1) is 10.6 Å². The highest BCUT2D eigenvalue weighted by Gasteiger charge is 2.13. The molecule has 0 atom stereocenters. The Morgan fingerprint density at radius 3 is 2.73 bits per heavy atom. The number of amides is 1. The monoisotopic (exact) mass is 434 g/mol. The standard InChI is InChI=1S/C22H15ClN4O2S/c23-17-10-9-15(13-16(17)21-27-20-18(29-21)7-4-12-24-20)25-22(30)26-19(28)11-8-14-5-2-1-3-6-14/h1-13H,(H2,25,26,28,30)/b11-8+. The molecular weight excluding hydrogens is 420 g/mol. The van der Waals surface area contributed by atoms with Crippen molar-refractivity contribution in [1.29, 1.82) is 0 Å². The summed E-state index contributed by atoms with van der Waals surface area (Å²) in [7, 11) is 0. The summed E-state index contributed by atoms with van der Waals surface area (Å²) >= 11 is 11.5. The van der Waals surface area contributed by atoms with Gasteiger partial charge in [-0.05, 0) is 54.2 Å². The summed E-state index contributed by atoms with van der Waals surface area (Å²) in [4.78, 5) is 20.6. The van der Waals surface area contributed by atoms with Crippen molar-refractivity contribution in [2.75, 3.05) is 5.32 Å². The van der Waals surface area contributed by atoms with Crippen molar-refractivity contribution in [2.45, 2.75) is 0 Å². The molecule has 0 spiro atoms. The van der Waals surface area contributed by atoms with Crippen LogP contribution in [0.4, 0.5) is 5.69 Å². The Kier molecular flexibility index (Phi) is 5.83. The van der Waals surface area contributed by atoms with Gasteiger partial charge in [0.25, 0.3) is 0 Å². The molecule has 148 valence electrons. The van der Waals surface area contributed by atoms with E-state index >= 15 is 0 Å². The fourth-order valence-electron chi connectivity index (χ4n) is 2.70. The lowest BCUT2D eigenvalue weighted by atomic mass is 10.2. The number of nitrogens with zero attached hydrogens (tertiary/aromatic N) is 2. The number of aromatic nitrogens is 2. The average Bonchev–Trinajstić information content (AvgIpc) is 3.18. The van der Waals surface area contributed by atoms with Crippen molar-refractivity contribution in [2.24, 2.45) is 0 Å². The van der Waals surface area contributed by atoms with Gasteiger partial charge in [-0.25, -0.2) is 4.98 Å². The van der Waals surface area contributed by atoms with E-state index in [-0.39, 0.29) is 11.0 Å². The predicted octanol–water partition coefficient (Wildman–Crippen LogP) is 5.07. The van der Waals surface area contributed by atoms with Gasteiger partial charge in [0, 0.05) is 18.0 Å². The van der Waals surface area contributed by atoms with Gasteiger partial charge >= 0.3 is 0 Å². The van der Waals surface area contributed by atoms with E-state index in [9.17, 15) is 4.79 Å². The first-order chi connectivity index (χ1) is 14.6. The smallest absolute Gasteiger partial charge is 0.250 e. The lowest BCUT2D eigenvalue weighted by Gasteiger charge is -2.10. The molecule has 0 aliphatic carbocycles. The fourth-order valence-corrected chi connectivity index (χ4v) is 3.12. The molecule has 0 unspecified atom stereocenters. The van der Waals surface area contributed by atoms with Crippen molar-refractivity contribution in [3.8, 4) is 11.5 Å². The highest BCUT2D eigenvalue weighted by atomic mass is 35.5. The molecule has 8 heteroatoms. The molecule has 0 saturated carbocycles. The molecule has 0 saturated heterocycles. The molecule has 30 heavy (non-hydrogen) atoms. The van der Waals surface area contributed by atoms with Gasteiger partial charge < -0.3 is 9.73 Å². The molecule has 2 heterocycles. The summed E-state index contributed by atoms with van der Waals surface area (Å²) in [5, 5.41) is 6.19. The molecule has 2 aromatic carbocycles. The summed E-state index contributed by atoms with van der Waals surface area (Å²) in [6, 6.07) is 18.2. The SMILES string of the molecule is O=C(/C=C/c1ccccc1)NC(=S)Nc1ccc(Cl)c(-c2nc3ncccc3o2)c1. The Morgan fingerprint density at radius 1 is 1.10 bits per heavy atom. The third kappa shape index (κ3) is 4.71. The van der Waals surface area contributed by atoms with Crippen LogP contribution in [-0.2, 0) is 4.79 Å². The van der Waals surface area contributed by atoms with Gasteiger partial charge in [0.2, 0.25) is 11.8 Å². The van der Waals surface area contributed by atoms with Crippen LogP contribution in [0.1, 0.15) is 5.56 Å². The normalized spacial score (nSPS) is 11.0. The van der Waals surface area contributed by atoms with Gasteiger partial charge in [0.15, 0.2) is 16.3 Å². The van der Waals surface area contributed by atoms with Gasteiger partial charge in [0.1, 0.15) is 0 Å². The summed E-state index contributed by atoms with van der Waals surface area (Å²) < 4.78 is 5.74. The first-order valence-electron chi connectivity index (χ1n) is 8.95. The number of benzene rings is 2. The Balaban J connectivity index is 1.45. The van der Waals surface area contributed by atoms with Gasteiger partial charge in [-0.15, -0.1) is 0 Å². The van der Waals surface area contributed by atoms with Crippen LogP contribution in [0, 0.1) is 0 Å². The lowest BCUT2D eigenvalue weighted by Crippen LogP contribution is -2.32. The quantitative estimate of drug-likeness (QED) is 0.345. The highest BCUT2D eigenvalue weighted by molar-refractivity contribution is 7.80. The van der Waals surface area contributed by atoms with Crippen LogP contribution < -0.4 is 10.6 Å². The number of nitrogens with one attached hydrogen (secondary N) is 2. The van der Waals surface area contributed by atoms with Gasteiger partial charge in [-0.1, -0.05) is 41.9 Å². The highest BCUT2D eigenvalue weighted by Crippen LogP contribution is 2.31. The van der Waals surface area contributed by atoms with Crippen molar-refractivity contribution in [3.63, 3.8) is 0 Å². The molecule has 0 aliphatic heterocycles. The molecule has 0 bridgehead atoms. The first-order valence-corrected chi connectivity index (χ1v) is 9.74. The maximum atomic E-state index is 12.1. The number of halogens is 1. The summed E-state index contributed by atoms with van der Waals surface area (Å²) in [6.07, 6.45) is 4.77. The number of rotatable bonds is 4. The van der Waals surface area contributed by atoms with E-state index in [4.69, 9.17) is 28.2 Å². The van der Waals surface area contributed by atoms with E-state index in [1.807, 2.05) is 30.3 Å². The van der Waals surface area contributed by atoms with E-state index in [2.05, 4.69) is 20.6 Å². The molecule has 2 N–H and O–H groups in total. The Labute approximate surface area is 182 Å². The minimum atomic E-state index is -0.337. The second-order valence-electron chi connectivity index (χ2n) is 6.23. The summed E-state index contributed by atoms with van der Waals surface area (Å²) in [5.41, 5.74) is 3.19. The average molecular weight is 435 g/mol. The van der Waals surface area contributed by atoms with E-state index < -0.39 is 0 Å². The number of oxazole rings is 1. The zero-order valence-corrected chi connectivity index (χ0v) is 17.1. The lowest BCUT2D eigenvalue weighted by molar-refractivity contribution is -0.115. The van der Waals surface area contributed by atoms with Crippen molar-refractivity contribution >= 4 is 57.8 Å². The van der Waals surface area contributed by atoms with Gasteiger partial charge in [-0.2, -0.15) is 4.98 Å². The maximum Gasteiger partial charge on any atom is 0.250 e. The fraction of sp³-hybridized carbons (Fsp3) is 0. The Morgan fingerprint density at radius 2 is 1.93 bits per heavy atom. The van der Waals surface area contributed by atoms with Crippen LogP contribution >= 0.6 is 23.8 Å². The minimum absolute atomic E-state index is 0.158. The van der Waals surface area contributed by atoms with Crippen LogP contribution in [-0.4, -0.2) is 21.0 Å². The van der Waals surface area contributed by atoms with Crippen LogP contribution in [0.3, 0.4) is 0 Å². The first kappa shape index (κ1) is 19.8. The van der Waals surface area contributed by atoms with E-state index in [1.54, 1.807) is 42.6 Å². The third-order valence-corrected chi connectivity index (χ3v) is 4.62. The Bertz CT molecular complexity index is 1220. The molecule has 0 fully saturated rings. The number of pyridine rings is 1. The van der Waals surface area contributed by atoms with E-state index in [1.165, 1.54) is 6.08 Å². The van der Waals surface area contributed by atoms with Crippen LogP contribution in [0.2, 0.25) is 5.02 Å². The second kappa shape index (κ2) is 8.86. The number of anilines is 1. The molecule has 0 radical (unpaired) electrons. The number of hydrogen-bond acceptors (Lipinski definition) is 5. The zero-order valence-electron chi connectivity index (χ0n) is 15.5. The summed E-state index contributed by atoms with van der Waals surface area (Å²) in [5.74, 6) is 0.00802. The maximum absolute atomic E-state index is 12.1. The predicted molar refractivity (Wildman–Crippen MR) is 122 cm³/mol. The van der Waals surface area contributed by atoms with Crippen LogP contribution in [0.15, 0.2) is 77.4 Å². The molecule has 4 rings (SSSR count). The van der Waals surface area contributed by atoms with Crippen molar-refractivity contribution in [3.05, 3.63) is 83.5 Å². The van der Waals surface area contributed by atoms with Gasteiger partial charge in [-0.3, -0.25) is 10.1 Å². The zero-order chi connectivity index (χ0) is 20.9. The van der Waals surface area contributed by atoms with Crippen molar-refractivity contribution in [1.82, 2.24) is 15.3 Å². The molecule has 0 aliphatic rings. The van der Waals surface area contributed by atoms with E-state index in [0.29, 0.717) is 33.4 Å². The van der Waals surface area contributed by atoms with Crippen LogP contribution in [0.25, 0.3) is 28.8 Å². The minimum Gasteiger partial charge on any atom is -0.434 e. The Hall–Kier alpha value is -3.55. The number of fused-ring (bicyclic) bond motifs is 1. The van der Waals surface area contributed by atoms with Crippen molar-refractivity contribution < 1.29 is 9.21 Å². The van der Waals surface area contributed by atoms with Crippen LogP contribution in [0.5, 0.6) is 0 Å². The number of carbonyl (C=O) groups excluding carboxylic acids is 1. The second-order valence-corrected chi connectivity index (χ2v) is 7.04. The van der Waals surface area contributed by atoms with E-state index in [0.717, 1.165) is 5.56 Å². The number of thiocarbonyl (C=S) groups is 1.